The highest BCUT2D eigenvalue weighted by Crippen LogP contribution is 2.34. The molecule has 2 atom stereocenters. The number of pyridine rings is 2. The number of amides is 2. The largest absolute Gasteiger partial charge is 0.482 e. The summed E-state index contributed by atoms with van der Waals surface area (Å²) in [6, 6.07) is 8.16. The smallest absolute Gasteiger partial charge is 0.414 e. The van der Waals surface area contributed by atoms with Crippen LogP contribution in [0.5, 0.6) is 5.75 Å². The number of ether oxygens (including phenoxy) is 2. The van der Waals surface area contributed by atoms with Crippen LogP contribution in [-0.2, 0) is 16.1 Å². The first-order chi connectivity index (χ1) is 16.5. The fourth-order valence-corrected chi connectivity index (χ4v) is 4.81. The Morgan fingerprint density at radius 1 is 1.15 bits per heavy atom. The van der Waals surface area contributed by atoms with Crippen molar-refractivity contribution in [2.45, 2.75) is 18.6 Å². The second kappa shape index (κ2) is 7.80. The SMILES string of the molecule is O=C1COc2ccc(N3C[C@@H](CNCC4Cn5c(=O)ccc6ncc(F)c4c65)OC3=O)cc2N1. The maximum Gasteiger partial charge on any atom is 0.414 e. The van der Waals surface area contributed by atoms with Gasteiger partial charge in [0.25, 0.3) is 11.5 Å². The summed E-state index contributed by atoms with van der Waals surface area (Å²) in [5.41, 5.74) is 2.52. The molecule has 6 rings (SSSR count). The fraction of sp³-hybridized carbons (Fsp3) is 0.304. The van der Waals surface area contributed by atoms with E-state index in [1.54, 1.807) is 28.8 Å². The summed E-state index contributed by atoms with van der Waals surface area (Å²) in [6.45, 7) is 1.41. The molecule has 0 aliphatic carbocycles. The van der Waals surface area contributed by atoms with Gasteiger partial charge in [-0.25, -0.2) is 9.18 Å². The van der Waals surface area contributed by atoms with Crippen LogP contribution >= 0.6 is 0 Å². The van der Waals surface area contributed by atoms with E-state index in [2.05, 4.69) is 15.6 Å². The van der Waals surface area contributed by atoms with E-state index in [4.69, 9.17) is 9.47 Å². The molecule has 174 valence electrons. The molecule has 1 saturated heterocycles. The molecule has 5 heterocycles. The minimum atomic E-state index is -0.489. The Bertz CT molecular complexity index is 1410. The van der Waals surface area contributed by atoms with Crippen molar-refractivity contribution in [1.82, 2.24) is 14.9 Å². The third kappa shape index (κ3) is 3.36. The molecule has 2 N–H and O–H groups in total. The lowest BCUT2D eigenvalue weighted by molar-refractivity contribution is -0.118. The molecule has 2 amide bonds. The van der Waals surface area contributed by atoms with Crippen LogP contribution < -0.4 is 25.8 Å². The monoisotopic (exact) mass is 465 g/mol. The second-order valence-corrected chi connectivity index (χ2v) is 8.52. The molecule has 34 heavy (non-hydrogen) atoms. The first-order valence-electron chi connectivity index (χ1n) is 10.9. The van der Waals surface area contributed by atoms with Gasteiger partial charge in [-0.15, -0.1) is 0 Å². The Hall–Kier alpha value is -3.99. The third-order valence-electron chi connectivity index (χ3n) is 6.35. The molecule has 3 aromatic rings. The van der Waals surface area contributed by atoms with Crippen LogP contribution in [0.2, 0.25) is 0 Å². The number of carbonyl (C=O) groups excluding carboxylic acids is 2. The van der Waals surface area contributed by atoms with Gasteiger partial charge in [0.2, 0.25) is 0 Å². The number of halogens is 1. The highest BCUT2D eigenvalue weighted by atomic mass is 19.1. The van der Waals surface area contributed by atoms with Gasteiger partial charge in [-0.2, -0.15) is 0 Å². The summed E-state index contributed by atoms with van der Waals surface area (Å²) in [7, 11) is 0. The average Bonchev–Trinajstić information content (AvgIpc) is 3.39. The zero-order chi connectivity index (χ0) is 23.4. The zero-order valence-corrected chi connectivity index (χ0v) is 17.9. The lowest BCUT2D eigenvalue weighted by Gasteiger charge is -2.20. The second-order valence-electron chi connectivity index (χ2n) is 8.52. The molecule has 0 saturated carbocycles. The summed E-state index contributed by atoms with van der Waals surface area (Å²) >= 11 is 0. The van der Waals surface area contributed by atoms with E-state index in [9.17, 15) is 18.8 Å². The average molecular weight is 465 g/mol. The van der Waals surface area contributed by atoms with E-state index in [-0.39, 0.29) is 24.0 Å². The maximum absolute atomic E-state index is 14.6. The van der Waals surface area contributed by atoms with Gasteiger partial charge in [0.05, 0.1) is 29.5 Å². The van der Waals surface area contributed by atoms with Crippen molar-refractivity contribution in [2.24, 2.45) is 0 Å². The number of anilines is 2. The predicted molar refractivity (Wildman–Crippen MR) is 120 cm³/mol. The number of carbonyl (C=O) groups is 2. The van der Waals surface area contributed by atoms with E-state index < -0.39 is 18.0 Å². The van der Waals surface area contributed by atoms with Crippen molar-refractivity contribution in [1.29, 1.82) is 0 Å². The van der Waals surface area contributed by atoms with Crippen molar-refractivity contribution in [3.05, 3.63) is 58.3 Å². The Balaban J connectivity index is 1.12. The molecule has 2 aromatic heterocycles. The van der Waals surface area contributed by atoms with Crippen LogP contribution in [0.3, 0.4) is 0 Å². The normalized spacial score (nSPS) is 20.8. The molecule has 1 unspecified atom stereocenters. The number of rotatable bonds is 5. The predicted octanol–water partition coefficient (Wildman–Crippen LogP) is 1.58. The Morgan fingerprint density at radius 3 is 2.91 bits per heavy atom. The quantitative estimate of drug-likeness (QED) is 0.588. The van der Waals surface area contributed by atoms with Gasteiger partial charge in [0, 0.05) is 42.9 Å². The number of benzene rings is 1. The van der Waals surface area contributed by atoms with Gasteiger partial charge in [0.1, 0.15) is 17.7 Å². The van der Waals surface area contributed by atoms with Crippen LogP contribution in [0.25, 0.3) is 11.0 Å². The topological polar surface area (TPSA) is 115 Å². The third-order valence-corrected chi connectivity index (χ3v) is 6.35. The van der Waals surface area contributed by atoms with Crippen LogP contribution in [-0.4, -0.2) is 53.9 Å². The number of hydrogen-bond donors (Lipinski definition) is 2. The van der Waals surface area contributed by atoms with Gasteiger partial charge in [-0.05, 0) is 24.3 Å². The van der Waals surface area contributed by atoms with E-state index in [0.717, 1.165) is 0 Å². The number of hydrogen-bond acceptors (Lipinski definition) is 7. The molecule has 1 aromatic carbocycles. The number of nitrogens with zero attached hydrogens (tertiary/aromatic N) is 3. The maximum atomic E-state index is 14.6. The number of cyclic esters (lactones) is 1. The minimum Gasteiger partial charge on any atom is -0.482 e. The fourth-order valence-electron chi connectivity index (χ4n) is 4.81. The number of nitrogens with one attached hydrogen (secondary N) is 2. The van der Waals surface area contributed by atoms with E-state index in [0.29, 0.717) is 59.9 Å². The van der Waals surface area contributed by atoms with E-state index in [1.165, 1.54) is 17.2 Å². The molecule has 0 bridgehead atoms. The summed E-state index contributed by atoms with van der Waals surface area (Å²) < 4.78 is 27.0. The number of aromatic nitrogens is 2. The highest BCUT2D eigenvalue weighted by molar-refractivity contribution is 5.97. The van der Waals surface area contributed by atoms with Crippen molar-refractivity contribution in [3.8, 4) is 5.75 Å². The molecular weight excluding hydrogens is 445 g/mol. The summed E-state index contributed by atoms with van der Waals surface area (Å²) in [4.78, 5) is 41.9. The van der Waals surface area contributed by atoms with Gasteiger partial charge in [-0.1, -0.05) is 0 Å². The number of fused-ring (bicyclic) bond motifs is 1. The van der Waals surface area contributed by atoms with Crippen molar-refractivity contribution in [2.75, 3.05) is 36.5 Å². The molecule has 11 heteroatoms. The van der Waals surface area contributed by atoms with Crippen LogP contribution in [0.15, 0.2) is 41.3 Å². The standard InChI is InChI=1S/C23H20FN5O5/c24-15-8-26-16-2-4-20(31)29-9-12(21(15)22(16)29)6-25-7-14-10-28(23(32)34-14)13-1-3-18-17(5-13)27-19(30)11-33-18/h1-5,8,12,14,25H,6-7,9-11H2,(H,27,30)/t12?,14-/m1/s1. The van der Waals surface area contributed by atoms with Crippen LogP contribution in [0.1, 0.15) is 11.5 Å². The first-order valence-corrected chi connectivity index (χ1v) is 10.9. The Morgan fingerprint density at radius 2 is 2.03 bits per heavy atom. The molecule has 0 radical (unpaired) electrons. The zero-order valence-electron chi connectivity index (χ0n) is 17.9. The minimum absolute atomic E-state index is 0.0402. The lowest BCUT2D eigenvalue weighted by atomic mass is 10.0. The molecule has 3 aliphatic rings. The summed E-state index contributed by atoms with van der Waals surface area (Å²) in [6.07, 6.45) is 0.285. The van der Waals surface area contributed by atoms with Crippen molar-refractivity contribution < 1.29 is 23.5 Å². The van der Waals surface area contributed by atoms with E-state index >= 15 is 0 Å². The van der Waals surface area contributed by atoms with Crippen LogP contribution in [0.4, 0.5) is 20.6 Å². The van der Waals surface area contributed by atoms with Gasteiger partial charge in [0.15, 0.2) is 6.61 Å². The molecule has 10 nitrogen and oxygen atoms in total. The summed E-state index contributed by atoms with van der Waals surface area (Å²) in [5.74, 6) is -0.380. The van der Waals surface area contributed by atoms with Gasteiger partial charge < -0.3 is 24.7 Å². The van der Waals surface area contributed by atoms with Crippen LogP contribution in [0, 0.1) is 5.82 Å². The van der Waals surface area contributed by atoms with E-state index in [1.807, 2.05) is 0 Å². The van der Waals surface area contributed by atoms with Gasteiger partial charge >= 0.3 is 6.09 Å². The van der Waals surface area contributed by atoms with Crippen molar-refractivity contribution in [3.63, 3.8) is 0 Å². The molecule has 1 fully saturated rings. The summed E-state index contributed by atoms with van der Waals surface area (Å²) in [5, 5.41) is 5.98. The molecule has 3 aliphatic heterocycles. The Kier molecular flexibility index (Phi) is 4.73. The molecular formula is C23H20FN5O5. The lowest BCUT2D eigenvalue weighted by Crippen LogP contribution is -2.33. The Labute approximate surface area is 192 Å². The van der Waals surface area contributed by atoms with Gasteiger partial charge in [-0.3, -0.25) is 19.5 Å². The van der Waals surface area contributed by atoms with Crippen molar-refractivity contribution >= 4 is 34.4 Å². The molecule has 0 spiro atoms. The highest BCUT2D eigenvalue weighted by Gasteiger charge is 2.34. The first kappa shape index (κ1) is 20.6.